The number of aromatic nitrogens is 4. The summed E-state index contributed by atoms with van der Waals surface area (Å²) in [5.41, 5.74) is 9.61. The minimum absolute atomic E-state index is 0.455. The van der Waals surface area contributed by atoms with Crippen molar-refractivity contribution in [2.75, 3.05) is 0 Å². The van der Waals surface area contributed by atoms with Gasteiger partial charge in [-0.25, -0.2) is 15.0 Å². The predicted molar refractivity (Wildman–Crippen MR) is 213 cm³/mol. The minimum Gasteiger partial charge on any atom is -0.456 e. The Balaban J connectivity index is 1.15. The molecule has 0 radical (unpaired) electrons. The lowest BCUT2D eigenvalue weighted by molar-refractivity contribution is 0.669. The van der Waals surface area contributed by atoms with Crippen LogP contribution in [0.15, 0.2) is 162 Å². The maximum atomic E-state index is 9.87. The van der Waals surface area contributed by atoms with Gasteiger partial charge in [-0.3, -0.25) is 0 Å². The van der Waals surface area contributed by atoms with Gasteiger partial charge >= 0.3 is 0 Å². The topological polar surface area (TPSA) is 104 Å². The average Bonchev–Trinajstić information content (AvgIpc) is 3.78. The third kappa shape index (κ3) is 5.00. The maximum Gasteiger partial charge on any atom is 0.164 e. The molecule has 7 nitrogen and oxygen atoms in total. The number of para-hydroxylation sites is 1. The number of benzene rings is 7. The molecule has 0 aliphatic heterocycles. The van der Waals surface area contributed by atoms with E-state index in [1.807, 2.05) is 84.9 Å². The molecule has 0 N–H and O–H groups in total. The Morgan fingerprint density at radius 2 is 0.963 bits per heavy atom. The highest BCUT2D eigenvalue weighted by Gasteiger charge is 2.19. The van der Waals surface area contributed by atoms with Crippen LogP contribution in [-0.2, 0) is 0 Å². The zero-order valence-electron chi connectivity index (χ0n) is 28.6. The van der Waals surface area contributed by atoms with Crippen LogP contribution < -0.4 is 0 Å². The molecule has 0 saturated heterocycles. The molecule has 10 rings (SSSR count). The molecule has 3 heterocycles. The zero-order valence-corrected chi connectivity index (χ0v) is 28.6. The maximum absolute atomic E-state index is 9.87. The number of hydrogen-bond acceptors (Lipinski definition) is 6. The fourth-order valence-corrected chi connectivity index (χ4v) is 7.44. The molecular weight excluding hydrogens is 665 g/mol. The van der Waals surface area contributed by atoms with Gasteiger partial charge in [0.05, 0.1) is 34.3 Å². The Bertz CT molecular complexity index is 3090. The Morgan fingerprint density at radius 1 is 0.426 bits per heavy atom. The molecule has 0 fully saturated rings. The van der Waals surface area contributed by atoms with Gasteiger partial charge in [0.15, 0.2) is 17.5 Å². The standard InChI is InChI=1S/C47H26N6O/c48-27-33-14-9-15-34(28-49)44(33)31-19-22-42-38(24-31)39-26-35(20-23-43(39)54-42)53-40-17-8-7-16-36(40)37-25-32(18-21-41(37)53)47-51-45(29-10-3-1-4-11-29)50-46(52-47)30-12-5-2-6-13-30/h1-26H. The van der Waals surface area contributed by atoms with Gasteiger partial charge in [0.2, 0.25) is 0 Å². The molecule has 0 spiro atoms. The van der Waals surface area contributed by atoms with Crippen LogP contribution in [0, 0.1) is 22.7 Å². The molecule has 10 aromatic rings. The second-order valence-electron chi connectivity index (χ2n) is 13.1. The smallest absolute Gasteiger partial charge is 0.164 e. The summed E-state index contributed by atoms with van der Waals surface area (Å²) in [5, 5.41) is 23.8. The second kappa shape index (κ2) is 12.4. The van der Waals surface area contributed by atoms with Gasteiger partial charge in [0.1, 0.15) is 11.2 Å². The molecule has 250 valence electrons. The van der Waals surface area contributed by atoms with Crippen molar-refractivity contribution < 1.29 is 4.42 Å². The van der Waals surface area contributed by atoms with Crippen LogP contribution in [0.5, 0.6) is 0 Å². The Hall–Kier alpha value is -7.87. The van der Waals surface area contributed by atoms with E-state index in [2.05, 4.69) is 71.3 Å². The molecule has 0 bridgehead atoms. The highest BCUT2D eigenvalue weighted by Crippen LogP contribution is 2.39. The molecule has 0 aliphatic rings. The van der Waals surface area contributed by atoms with Crippen molar-refractivity contribution in [1.82, 2.24) is 19.5 Å². The van der Waals surface area contributed by atoms with Crippen LogP contribution in [0.4, 0.5) is 0 Å². The molecule has 54 heavy (non-hydrogen) atoms. The summed E-state index contributed by atoms with van der Waals surface area (Å²) >= 11 is 0. The Labute approximate surface area is 309 Å². The number of nitrogens with zero attached hydrogens (tertiary/aromatic N) is 6. The van der Waals surface area contributed by atoms with Crippen molar-refractivity contribution in [3.05, 3.63) is 169 Å². The largest absolute Gasteiger partial charge is 0.456 e. The molecule has 0 aliphatic carbocycles. The first-order valence-corrected chi connectivity index (χ1v) is 17.5. The summed E-state index contributed by atoms with van der Waals surface area (Å²) < 4.78 is 8.56. The number of hydrogen-bond donors (Lipinski definition) is 0. The number of furan rings is 1. The first-order chi connectivity index (χ1) is 26.7. The summed E-state index contributed by atoms with van der Waals surface area (Å²) in [6, 6.07) is 56.6. The van der Waals surface area contributed by atoms with Gasteiger partial charge in [-0.1, -0.05) is 91.0 Å². The molecule has 0 amide bonds. The van der Waals surface area contributed by atoms with E-state index in [4.69, 9.17) is 19.4 Å². The van der Waals surface area contributed by atoms with Crippen molar-refractivity contribution in [2.45, 2.75) is 0 Å². The van der Waals surface area contributed by atoms with Crippen molar-refractivity contribution >= 4 is 43.7 Å². The number of fused-ring (bicyclic) bond motifs is 6. The van der Waals surface area contributed by atoms with Crippen molar-refractivity contribution in [3.63, 3.8) is 0 Å². The van der Waals surface area contributed by atoms with Gasteiger partial charge in [-0.2, -0.15) is 10.5 Å². The monoisotopic (exact) mass is 690 g/mol. The first kappa shape index (κ1) is 30.9. The SMILES string of the molecule is N#Cc1cccc(C#N)c1-c1ccc2oc3ccc(-n4c5ccccc5c5cc(-c6nc(-c7ccccc7)nc(-c7ccccc7)n6)ccc54)cc3c2c1. The van der Waals surface area contributed by atoms with Gasteiger partial charge in [-0.05, 0) is 72.3 Å². The lowest BCUT2D eigenvalue weighted by atomic mass is 9.94. The van der Waals surface area contributed by atoms with Crippen LogP contribution in [0.3, 0.4) is 0 Å². The summed E-state index contributed by atoms with van der Waals surface area (Å²) in [6.07, 6.45) is 0. The third-order valence-corrected chi connectivity index (χ3v) is 9.94. The molecule has 0 unspecified atom stereocenters. The fourth-order valence-electron chi connectivity index (χ4n) is 7.44. The highest BCUT2D eigenvalue weighted by atomic mass is 16.3. The summed E-state index contributed by atoms with van der Waals surface area (Å²) in [4.78, 5) is 14.8. The van der Waals surface area contributed by atoms with E-state index in [1.54, 1.807) is 18.2 Å². The first-order valence-electron chi connectivity index (χ1n) is 17.5. The van der Waals surface area contributed by atoms with Gasteiger partial charge in [0, 0.05) is 49.5 Å². The van der Waals surface area contributed by atoms with E-state index in [0.29, 0.717) is 34.2 Å². The predicted octanol–water partition coefficient (Wildman–Crippen LogP) is 11.3. The third-order valence-electron chi connectivity index (χ3n) is 9.94. The van der Waals surface area contributed by atoms with E-state index in [-0.39, 0.29) is 0 Å². The molecule has 0 atom stereocenters. The lowest BCUT2D eigenvalue weighted by Gasteiger charge is -2.10. The van der Waals surface area contributed by atoms with E-state index in [0.717, 1.165) is 71.7 Å². The Morgan fingerprint density at radius 3 is 1.63 bits per heavy atom. The summed E-state index contributed by atoms with van der Waals surface area (Å²) in [5.74, 6) is 1.83. The van der Waals surface area contributed by atoms with Gasteiger partial charge < -0.3 is 8.98 Å². The van der Waals surface area contributed by atoms with Crippen molar-refractivity contribution in [2.24, 2.45) is 0 Å². The summed E-state index contributed by atoms with van der Waals surface area (Å²) in [6.45, 7) is 0. The van der Waals surface area contributed by atoms with Crippen LogP contribution >= 0.6 is 0 Å². The van der Waals surface area contributed by atoms with Crippen LogP contribution in [0.2, 0.25) is 0 Å². The van der Waals surface area contributed by atoms with Crippen molar-refractivity contribution in [3.8, 4) is 63.1 Å². The molecule has 7 aromatic carbocycles. The number of nitriles is 2. The van der Waals surface area contributed by atoms with Gasteiger partial charge in [0.25, 0.3) is 0 Å². The van der Waals surface area contributed by atoms with Gasteiger partial charge in [-0.15, -0.1) is 0 Å². The molecule has 3 aromatic heterocycles. The lowest BCUT2D eigenvalue weighted by Crippen LogP contribution is -2.00. The second-order valence-corrected chi connectivity index (χ2v) is 13.1. The Kier molecular flexibility index (Phi) is 7.11. The quantitative estimate of drug-likeness (QED) is 0.178. The zero-order chi connectivity index (χ0) is 36.2. The van der Waals surface area contributed by atoms with E-state index in [1.165, 1.54) is 0 Å². The van der Waals surface area contributed by atoms with Crippen LogP contribution in [0.1, 0.15) is 11.1 Å². The van der Waals surface area contributed by atoms with Crippen LogP contribution in [-0.4, -0.2) is 19.5 Å². The summed E-state index contributed by atoms with van der Waals surface area (Å²) in [7, 11) is 0. The van der Waals surface area contributed by atoms with E-state index >= 15 is 0 Å². The highest BCUT2D eigenvalue weighted by molar-refractivity contribution is 6.12. The fraction of sp³-hybridized carbons (Fsp3) is 0. The molecular formula is C47H26N6O. The van der Waals surface area contributed by atoms with E-state index in [9.17, 15) is 10.5 Å². The molecule has 7 heteroatoms. The minimum atomic E-state index is 0.455. The normalized spacial score (nSPS) is 11.3. The van der Waals surface area contributed by atoms with E-state index < -0.39 is 0 Å². The van der Waals surface area contributed by atoms with Crippen molar-refractivity contribution in [1.29, 1.82) is 10.5 Å². The average molecular weight is 691 g/mol. The van der Waals surface area contributed by atoms with Crippen LogP contribution in [0.25, 0.3) is 94.7 Å². The molecule has 0 saturated carbocycles. The number of rotatable bonds is 5.